The van der Waals surface area contributed by atoms with Crippen LogP contribution in [0.2, 0.25) is 0 Å². The summed E-state index contributed by atoms with van der Waals surface area (Å²) >= 11 is 0. The van der Waals surface area contributed by atoms with Crippen molar-refractivity contribution < 1.29 is 14.0 Å². The van der Waals surface area contributed by atoms with Gasteiger partial charge in [-0.25, -0.2) is 9.65 Å². The third-order valence-electron chi connectivity index (χ3n) is 2.10. The van der Waals surface area contributed by atoms with Gasteiger partial charge in [0.1, 0.15) is 0 Å². The molecule has 2 unspecified atom stereocenters. The molecular formula is C8H21N2O3P. The van der Waals surface area contributed by atoms with Crippen LogP contribution < -0.4 is 10.4 Å². The summed E-state index contributed by atoms with van der Waals surface area (Å²) in [6, 6.07) is 0.213. The van der Waals surface area contributed by atoms with Gasteiger partial charge in [0.25, 0.3) is 0 Å². The van der Waals surface area contributed by atoms with E-state index in [0.717, 1.165) is 19.3 Å². The van der Waals surface area contributed by atoms with Crippen molar-refractivity contribution in [2.45, 2.75) is 32.2 Å². The van der Waals surface area contributed by atoms with Gasteiger partial charge in [0, 0.05) is 19.7 Å². The maximum atomic E-state index is 11.1. The molecule has 0 heterocycles. The highest BCUT2D eigenvalue weighted by atomic mass is 31.2. The van der Waals surface area contributed by atoms with Crippen molar-refractivity contribution in [3.63, 3.8) is 0 Å². The molecule has 0 aromatic carbocycles. The topological polar surface area (TPSA) is 70.6 Å². The number of nitrogens with one attached hydrogen (secondary N) is 2. The molecule has 14 heavy (non-hydrogen) atoms. The molecule has 86 valence electrons. The van der Waals surface area contributed by atoms with Crippen molar-refractivity contribution in [1.29, 1.82) is 0 Å². The Morgan fingerprint density at radius 3 is 2.64 bits per heavy atom. The molecule has 5 nitrogen and oxygen atoms in total. The summed E-state index contributed by atoms with van der Waals surface area (Å²) < 4.78 is 15.5. The molecule has 0 aromatic heterocycles. The molecule has 0 radical (unpaired) electrons. The molecule has 0 spiro atoms. The van der Waals surface area contributed by atoms with Crippen molar-refractivity contribution in [2.24, 2.45) is 0 Å². The third kappa shape index (κ3) is 6.51. The highest BCUT2D eigenvalue weighted by molar-refractivity contribution is 7.50. The van der Waals surface area contributed by atoms with Crippen LogP contribution in [-0.4, -0.2) is 31.6 Å². The second-order valence-electron chi connectivity index (χ2n) is 3.19. The first-order chi connectivity index (χ1) is 6.55. The van der Waals surface area contributed by atoms with Gasteiger partial charge in [0.05, 0.1) is 0 Å². The average molecular weight is 224 g/mol. The van der Waals surface area contributed by atoms with Crippen molar-refractivity contribution in [2.75, 3.05) is 20.7 Å². The molecule has 0 saturated carbocycles. The van der Waals surface area contributed by atoms with Crippen molar-refractivity contribution in [3.05, 3.63) is 0 Å². The Balaban J connectivity index is 3.77. The molecule has 0 saturated heterocycles. The van der Waals surface area contributed by atoms with E-state index in [4.69, 9.17) is 4.89 Å². The second kappa shape index (κ2) is 7.37. The minimum Gasteiger partial charge on any atom is -0.316 e. The van der Waals surface area contributed by atoms with Crippen LogP contribution in [0.5, 0.6) is 0 Å². The summed E-state index contributed by atoms with van der Waals surface area (Å²) in [5.74, 6) is 0. The van der Waals surface area contributed by atoms with Gasteiger partial charge in [-0.1, -0.05) is 19.8 Å². The lowest BCUT2D eigenvalue weighted by Crippen LogP contribution is -2.35. The maximum Gasteiger partial charge on any atom is 0.402 e. The monoisotopic (exact) mass is 224 g/mol. The average Bonchev–Trinajstić information content (AvgIpc) is 2.18. The summed E-state index contributed by atoms with van der Waals surface area (Å²) in [6.45, 7) is 2.56. The molecule has 3 N–H and O–H groups in total. The van der Waals surface area contributed by atoms with Gasteiger partial charge in [0.2, 0.25) is 0 Å². The van der Waals surface area contributed by atoms with Gasteiger partial charge in [-0.15, -0.1) is 0 Å². The smallest absolute Gasteiger partial charge is 0.316 e. The number of hydrogen-bond acceptors (Lipinski definition) is 3. The van der Waals surface area contributed by atoms with Gasteiger partial charge in [-0.2, -0.15) is 0 Å². The fourth-order valence-corrected chi connectivity index (χ4v) is 1.67. The SMILES string of the molecule is CCCCC(CNP(=O)(O)OC)NC. The van der Waals surface area contributed by atoms with Gasteiger partial charge in [-0.3, -0.25) is 0 Å². The van der Waals surface area contributed by atoms with E-state index in [2.05, 4.69) is 21.9 Å². The largest absolute Gasteiger partial charge is 0.402 e. The minimum absolute atomic E-state index is 0.213. The quantitative estimate of drug-likeness (QED) is 0.538. The normalized spacial score (nSPS) is 17.7. The lowest BCUT2D eigenvalue weighted by molar-refractivity contribution is 0.299. The van der Waals surface area contributed by atoms with Crippen molar-refractivity contribution >= 4 is 7.75 Å². The number of hydrogen-bond donors (Lipinski definition) is 3. The van der Waals surface area contributed by atoms with Gasteiger partial charge >= 0.3 is 7.75 Å². The Labute approximate surface area is 85.8 Å². The Kier molecular flexibility index (Phi) is 7.41. The zero-order chi connectivity index (χ0) is 11.0. The fraction of sp³-hybridized carbons (Fsp3) is 1.00. The molecule has 0 amide bonds. The van der Waals surface area contributed by atoms with E-state index in [9.17, 15) is 4.57 Å². The minimum atomic E-state index is -3.56. The van der Waals surface area contributed by atoms with E-state index in [1.54, 1.807) is 0 Å². The predicted molar refractivity (Wildman–Crippen MR) is 57.2 cm³/mol. The Morgan fingerprint density at radius 1 is 1.57 bits per heavy atom. The van der Waals surface area contributed by atoms with E-state index in [0.29, 0.717) is 6.54 Å². The molecule has 0 aliphatic rings. The molecule has 2 atom stereocenters. The zero-order valence-corrected chi connectivity index (χ0v) is 10.0. The van der Waals surface area contributed by atoms with Crippen LogP contribution in [0.3, 0.4) is 0 Å². The van der Waals surface area contributed by atoms with Gasteiger partial charge in [0.15, 0.2) is 0 Å². The van der Waals surface area contributed by atoms with Crippen LogP contribution in [0, 0.1) is 0 Å². The lowest BCUT2D eigenvalue weighted by Gasteiger charge is -2.18. The van der Waals surface area contributed by atoms with Gasteiger partial charge in [-0.05, 0) is 13.5 Å². The summed E-state index contributed by atoms with van der Waals surface area (Å²) in [5, 5.41) is 5.58. The summed E-state index contributed by atoms with van der Waals surface area (Å²) in [6.07, 6.45) is 3.22. The van der Waals surface area contributed by atoms with Crippen LogP contribution >= 0.6 is 7.75 Å². The second-order valence-corrected chi connectivity index (χ2v) is 4.92. The van der Waals surface area contributed by atoms with Crippen molar-refractivity contribution in [3.8, 4) is 0 Å². The third-order valence-corrected chi connectivity index (χ3v) is 3.18. The van der Waals surface area contributed by atoms with Crippen LogP contribution in [0.15, 0.2) is 0 Å². The standard InChI is InChI=1S/C8H21N2O3P/c1-4-5-6-8(9-2)7-10-14(11,12)13-3/h8-9H,4-7H2,1-3H3,(H2,10,11,12). The van der Waals surface area contributed by atoms with E-state index < -0.39 is 7.75 Å². The Bertz CT molecular complexity index is 189. The summed E-state index contributed by atoms with van der Waals surface area (Å²) in [5.41, 5.74) is 0. The highest BCUT2D eigenvalue weighted by Gasteiger charge is 2.17. The molecule has 0 aromatic rings. The van der Waals surface area contributed by atoms with E-state index in [1.165, 1.54) is 7.11 Å². The number of unbranched alkanes of at least 4 members (excludes halogenated alkanes) is 1. The van der Waals surface area contributed by atoms with E-state index in [1.807, 2.05) is 7.05 Å². The molecule has 0 fully saturated rings. The molecule has 0 rings (SSSR count). The molecule has 0 aliphatic heterocycles. The summed E-state index contributed by atoms with van der Waals surface area (Å²) in [4.78, 5) is 9.09. The predicted octanol–water partition coefficient (Wildman–Crippen LogP) is 1.10. The van der Waals surface area contributed by atoms with Crippen LogP contribution in [0.25, 0.3) is 0 Å². The Hall–Kier alpha value is 0.0700. The Morgan fingerprint density at radius 2 is 2.21 bits per heavy atom. The molecule has 6 heteroatoms. The summed E-state index contributed by atoms with van der Waals surface area (Å²) in [7, 11) is -0.502. The lowest BCUT2D eigenvalue weighted by atomic mass is 10.1. The van der Waals surface area contributed by atoms with Gasteiger partial charge < -0.3 is 14.7 Å². The fourth-order valence-electron chi connectivity index (χ4n) is 1.09. The first-order valence-corrected chi connectivity index (χ1v) is 6.44. The van der Waals surface area contributed by atoms with Crippen LogP contribution in [0.1, 0.15) is 26.2 Å². The maximum absolute atomic E-state index is 11.1. The number of likely N-dealkylation sites (N-methyl/N-ethyl adjacent to an activating group) is 1. The van der Waals surface area contributed by atoms with Crippen molar-refractivity contribution in [1.82, 2.24) is 10.4 Å². The first-order valence-electron chi connectivity index (χ1n) is 4.86. The highest BCUT2D eigenvalue weighted by Crippen LogP contribution is 2.34. The molecule has 0 aliphatic carbocycles. The first kappa shape index (κ1) is 14.1. The zero-order valence-electron chi connectivity index (χ0n) is 9.12. The molecule has 0 bridgehead atoms. The van der Waals surface area contributed by atoms with Crippen LogP contribution in [0.4, 0.5) is 0 Å². The van der Waals surface area contributed by atoms with E-state index >= 15 is 0 Å². The van der Waals surface area contributed by atoms with Crippen LogP contribution in [-0.2, 0) is 9.09 Å². The van der Waals surface area contributed by atoms with E-state index in [-0.39, 0.29) is 6.04 Å². The molecular weight excluding hydrogens is 203 g/mol. The number of rotatable bonds is 8.